The third-order valence-corrected chi connectivity index (χ3v) is 7.77. The van der Waals surface area contributed by atoms with Gasteiger partial charge in [-0.15, -0.1) is 0 Å². The Balaban J connectivity index is 1.50. The zero-order valence-corrected chi connectivity index (χ0v) is 18.0. The second kappa shape index (κ2) is 6.92. The summed E-state index contributed by atoms with van der Waals surface area (Å²) < 4.78 is 1.46. The molecule has 4 fully saturated rings. The fourth-order valence-corrected chi connectivity index (χ4v) is 6.72. The minimum atomic E-state index is -0.762. The van der Waals surface area contributed by atoms with Crippen molar-refractivity contribution < 1.29 is 14.7 Å². The first-order valence-electron chi connectivity index (χ1n) is 10.6. The maximum atomic E-state index is 13.3. The van der Waals surface area contributed by atoms with Crippen LogP contribution in [0.15, 0.2) is 35.3 Å². The summed E-state index contributed by atoms with van der Waals surface area (Å²) in [6.45, 7) is 1.49. The average Bonchev–Trinajstić information content (AvgIpc) is 2.70. The van der Waals surface area contributed by atoms with Crippen molar-refractivity contribution in [3.63, 3.8) is 0 Å². The molecule has 1 aromatic heterocycles. The Morgan fingerprint density at radius 2 is 1.94 bits per heavy atom. The fraction of sp³-hybridized carbons (Fsp3) is 0.478. The third kappa shape index (κ3) is 3.17. The molecule has 0 radical (unpaired) electrons. The van der Waals surface area contributed by atoms with Gasteiger partial charge in [-0.3, -0.25) is 14.4 Å². The van der Waals surface area contributed by atoms with Crippen molar-refractivity contribution in [1.29, 1.82) is 0 Å². The summed E-state index contributed by atoms with van der Waals surface area (Å²) in [5, 5.41) is 17.5. The Kier molecular flexibility index (Phi) is 4.52. The minimum Gasteiger partial charge on any atom is -0.481 e. The molecule has 4 saturated carbocycles. The van der Waals surface area contributed by atoms with Crippen molar-refractivity contribution in [1.82, 2.24) is 9.78 Å². The Morgan fingerprint density at radius 3 is 2.58 bits per heavy atom. The molecule has 4 bridgehead atoms. The SMILES string of the molecule is CC(=O)c1cccc(Nc2cnn(C34C[C@H]5C[C@@H](CC(C(=O)O)(C5)C3)C4)c(=O)c2Cl)c1. The highest BCUT2D eigenvalue weighted by molar-refractivity contribution is 6.33. The smallest absolute Gasteiger partial charge is 0.309 e. The Morgan fingerprint density at radius 1 is 1.23 bits per heavy atom. The van der Waals surface area contributed by atoms with Crippen molar-refractivity contribution in [3.8, 4) is 0 Å². The molecule has 1 heterocycles. The second-order valence-corrected chi connectivity index (χ2v) is 10.00. The molecule has 0 unspecified atom stereocenters. The first-order valence-corrected chi connectivity index (χ1v) is 11.0. The van der Waals surface area contributed by atoms with Crippen molar-refractivity contribution in [3.05, 3.63) is 51.4 Å². The number of nitrogens with one attached hydrogen (secondary N) is 1. The number of halogens is 1. The monoisotopic (exact) mass is 441 g/mol. The van der Waals surface area contributed by atoms with Gasteiger partial charge in [0.15, 0.2) is 5.78 Å². The predicted octanol–water partition coefficient (Wildman–Crippen LogP) is 4.22. The van der Waals surface area contributed by atoms with Gasteiger partial charge in [-0.1, -0.05) is 23.7 Å². The maximum Gasteiger partial charge on any atom is 0.309 e. The second-order valence-electron chi connectivity index (χ2n) is 9.62. The lowest BCUT2D eigenvalue weighted by Gasteiger charge is -2.60. The third-order valence-electron chi connectivity index (χ3n) is 7.40. The first kappa shape index (κ1) is 20.2. The lowest BCUT2D eigenvalue weighted by molar-refractivity contribution is -0.173. The van der Waals surface area contributed by atoms with Gasteiger partial charge in [-0.25, -0.2) is 4.68 Å². The topological polar surface area (TPSA) is 101 Å². The van der Waals surface area contributed by atoms with Crippen LogP contribution in [-0.2, 0) is 10.3 Å². The number of carboxylic acid groups (broad SMARTS) is 1. The maximum absolute atomic E-state index is 13.3. The molecular formula is C23H24ClN3O4. The molecule has 8 heteroatoms. The molecule has 7 nitrogen and oxygen atoms in total. The number of nitrogens with zero attached hydrogens (tertiary/aromatic N) is 2. The lowest BCUT2D eigenvalue weighted by atomic mass is 9.47. The van der Waals surface area contributed by atoms with Gasteiger partial charge >= 0.3 is 5.97 Å². The number of benzene rings is 1. The Labute approximate surface area is 184 Å². The number of carbonyl (C=O) groups is 2. The number of aliphatic carboxylic acids is 1. The molecule has 31 heavy (non-hydrogen) atoms. The van der Waals surface area contributed by atoms with Crippen LogP contribution in [0.1, 0.15) is 55.8 Å². The van der Waals surface area contributed by atoms with Crippen LogP contribution in [0.3, 0.4) is 0 Å². The van der Waals surface area contributed by atoms with E-state index < -0.39 is 22.5 Å². The number of hydrogen-bond acceptors (Lipinski definition) is 5. The summed E-state index contributed by atoms with van der Waals surface area (Å²) in [6.07, 6.45) is 5.91. The van der Waals surface area contributed by atoms with E-state index in [9.17, 15) is 19.5 Å². The van der Waals surface area contributed by atoms with Crippen LogP contribution in [0.4, 0.5) is 11.4 Å². The normalized spacial score (nSPS) is 30.9. The van der Waals surface area contributed by atoms with Crippen LogP contribution in [-0.4, -0.2) is 26.6 Å². The molecule has 0 spiro atoms. The van der Waals surface area contributed by atoms with E-state index in [1.807, 2.05) is 0 Å². The number of hydrogen-bond donors (Lipinski definition) is 2. The van der Waals surface area contributed by atoms with Crippen LogP contribution >= 0.6 is 11.6 Å². The molecular weight excluding hydrogens is 418 g/mol. The molecule has 162 valence electrons. The zero-order valence-electron chi connectivity index (χ0n) is 17.2. The van der Waals surface area contributed by atoms with Gasteiger partial charge in [0, 0.05) is 11.3 Å². The highest BCUT2D eigenvalue weighted by atomic mass is 35.5. The molecule has 0 saturated heterocycles. The largest absolute Gasteiger partial charge is 0.481 e. The average molecular weight is 442 g/mol. The van der Waals surface area contributed by atoms with E-state index in [0.717, 1.165) is 19.3 Å². The molecule has 6 rings (SSSR count). The summed E-state index contributed by atoms with van der Waals surface area (Å²) in [5.74, 6) is -0.208. The zero-order chi connectivity index (χ0) is 22.0. The van der Waals surface area contributed by atoms with Gasteiger partial charge in [0.2, 0.25) is 0 Å². The number of anilines is 2. The van der Waals surface area contributed by atoms with E-state index in [-0.39, 0.29) is 10.8 Å². The Hall–Kier alpha value is -2.67. The lowest BCUT2D eigenvalue weighted by Crippen LogP contribution is -2.61. The van der Waals surface area contributed by atoms with Crippen LogP contribution in [0.5, 0.6) is 0 Å². The predicted molar refractivity (Wildman–Crippen MR) is 116 cm³/mol. The summed E-state index contributed by atoms with van der Waals surface area (Å²) in [5.41, 5.74) is -0.209. The van der Waals surface area contributed by atoms with Crippen molar-refractivity contribution in [2.24, 2.45) is 17.3 Å². The fourth-order valence-electron chi connectivity index (χ4n) is 6.54. The highest BCUT2D eigenvalue weighted by Crippen LogP contribution is 2.63. The molecule has 0 aliphatic heterocycles. The van der Waals surface area contributed by atoms with E-state index in [4.69, 9.17) is 11.6 Å². The number of Topliss-reactive ketones (excluding diaryl/α,β-unsaturated/α-hetero) is 1. The van der Waals surface area contributed by atoms with Crippen LogP contribution in [0, 0.1) is 17.3 Å². The number of carbonyl (C=O) groups excluding carboxylic acids is 1. The van der Waals surface area contributed by atoms with Crippen LogP contribution in [0.25, 0.3) is 0 Å². The molecule has 1 aromatic carbocycles. The van der Waals surface area contributed by atoms with Crippen LogP contribution < -0.4 is 10.9 Å². The number of ketones is 1. The van der Waals surface area contributed by atoms with Crippen LogP contribution in [0.2, 0.25) is 5.02 Å². The Bertz CT molecular complexity index is 1140. The summed E-state index contributed by atoms with van der Waals surface area (Å²) in [4.78, 5) is 37.0. The van der Waals surface area contributed by atoms with Gasteiger partial charge in [-0.05, 0) is 69.4 Å². The van der Waals surface area contributed by atoms with E-state index >= 15 is 0 Å². The molecule has 2 atom stereocenters. The quantitative estimate of drug-likeness (QED) is 0.673. The molecule has 4 aliphatic carbocycles. The van der Waals surface area contributed by atoms with E-state index in [0.29, 0.717) is 48.0 Å². The van der Waals surface area contributed by atoms with Gasteiger partial charge in [-0.2, -0.15) is 5.10 Å². The van der Waals surface area contributed by atoms with E-state index in [1.165, 1.54) is 17.8 Å². The molecule has 4 aliphatic rings. The van der Waals surface area contributed by atoms with Gasteiger partial charge in [0.1, 0.15) is 5.02 Å². The summed E-state index contributed by atoms with van der Waals surface area (Å²) in [6, 6.07) is 6.95. The van der Waals surface area contributed by atoms with Crippen molar-refractivity contribution in [2.75, 3.05) is 5.32 Å². The first-order chi connectivity index (χ1) is 14.7. The van der Waals surface area contributed by atoms with Gasteiger partial charge < -0.3 is 10.4 Å². The highest BCUT2D eigenvalue weighted by Gasteiger charge is 2.62. The standard InChI is InChI=1S/C23H24ClN3O4/c1-13(28)16-3-2-4-17(6-16)26-18-11-25-27(20(29)19(18)24)23-9-14-5-15(10-23)8-22(7-14,12-23)21(30)31/h2-4,6,11,14-15,26H,5,7-10,12H2,1H3,(H,30,31)/t14-,15-,22?,23?/m0/s1. The molecule has 2 N–H and O–H groups in total. The van der Waals surface area contributed by atoms with E-state index in [1.54, 1.807) is 24.3 Å². The molecule has 2 aromatic rings. The van der Waals surface area contributed by atoms with Gasteiger partial charge in [0.05, 0.1) is 22.8 Å². The molecule has 0 amide bonds. The number of rotatable bonds is 5. The number of aromatic nitrogens is 2. The van der Waals surface area contributed by atoms with Gasteiger partial charge in [0.25, 0.3) is 5.56 Å². The number of carboxylic acids is 1. The summed E-state index contributed by atoms with van der Waals surface area (Å²) >= 11 is 6.47. The summed E-state index contributed by atoms with van der Waals surface area (Å²) in [7, 11) is 0. The minimum absolute atomic E-state index is 0.0170. The van der Waals surface area contributed by atoms with E-state index in [2.05, 4.69) is 10.4 Å². The van der Waals surface area contributed by atoms with Crippen molar-refractivity contribution in [2.45, 2.75) is 51.0 Å². The van der Waals surface area contributed by atoms with Crippen molar-refractivity contribution >= 4 is 34.7 Å².